The predicted molar refractivity (Wildman–Crippen MR) is 137 cm³/mol. The molecule has 4 aromatic rings. The van der Waals surface area contributed by atoms with Gasteiger partial charge in [-0.25, -0.2) is 14.8 Å². The topological polar surface area (TPSA) is 94.7 Å². The molecule has 3 N–H and O–H groups in total. The Bertz CT molecular complexity index is 1650. The summed E-state index contributed by atoms with van der Waals surface area (Å²) >= 11 is 0. The molecule has 7 heteroatoms. The molecule has 0 atom stereocenters. The number of nitrogens with one attached hydrogen (secondary N) is 2. The van der Waals surface area contributed by atoms with Crippen LogP contribution in [0.4, 0.5) is 0 Å². The van der Waals surface area contributed by atoms with Crippen molar-refractivity contribution in [2.75, 3.05) is 0 Å². The fourth-order valence-corrected chi connectivity index (χ4v) is 4.21. The minimum absolute atomic E-state index is 0. The first-order valence-corrected chi connectivity index (χ1v) is 10.5. The van der Waals surface area contributed by atoms with Crippen molar-refractivity contribution in [1.82, 2.24) is 19.9 Å². The van der Waals surface area contributed by atoms with Gasteiger partial charge in [-0.15, -0.1) is 0 Å². The minimum Gasteiger partial charge on any atom is -0.478 e. The molecule has 0 unspecified atom stereocenters. The monoisotopic (exact) mass is 639 g/mol. The first kappa shape index (κ1) is 22.0. The Morgan fingerprint density at radius 3 is 1.76 bits per heavy atom. The summed E-state index contributed by atoms with van der Waals surface area (Å²) < 4.78 is 0. The van der Waals surface area contributed by atoms with Gasteiger partial charge in [0.15, 0.2) is 0 Å². The number of carboxylic acid groups (broad SMARTS) is 1. The van der Waals surface area contributed by atoms with Gasteiger partial charge in [-0.05, 0) is 66.3 Å². The van der Waals surface area contributed by atoms with Gasteiger partial charge >= 0.3 is 5.97 Å². The molecule has 5 heterocycles. The second kappa shape index (κ2) is 8.84. The number of hydrogen-bond donors (Lipinski definition) is 3. The Hall–Kier alpha value is -3.83. The van der Waals surface area contributed by atoms with Gasteiger partial charge < -0.3 is 15.1 Å². The molecule has 8 bridgehead atoms. The number of carbonyl (C=O) groups is 1. The van der Waals surface area contributed by atoms with E-state index in [4.69, 9.17) is 4.98 Å². The molecule has 3 radical (unpaired) electrons. The second-order valence-corrected chi connectivity index (χ2v) is 7.91. The van der Waals surface area contributed by atoms with Crippen molar-refractivity contribution in [2.24, 2.45) is 0 Å². The van der Waals surface area contributed by atoms with Gasteiger partial charge in [0.05, 0.1) is 33.9 Å². The van der Waals surface area contributed by atoms with Crippen molar-refractivity contribution in [2.45, 2.75) is 0 Å². The molecule has 34 heavy (non-hydrogen) atoms. The third kappa shape index (κ3) is 4.11. The standard InChI is InChI=1S/C27H18N4O2.Bi/c32-27(33)26-24-15-22-11-9-20(30-22)13-18-7-6-17(28-18)12-19-8-10-21(29-19)14-23(31-24)25(26)16-4-2-1-3-5-16;/h1-15,28,31H,(H,32,33);. The SMILES string of the molecule is O=C(O)c1c(-c2ccccc2)c2cc3nc(cc4ccc(cc5nc(cc1[nH]2)C=C5)[nH]4)C=C3.[Bi]. The van der Waals surface area contributed by atoms with Gasteiger partial charge in [-0.2, -0.15) is 0 Å². The van der Waals surface area contributed by atoms with Crippen LogP contribution < -0.4 is 0 Å². The molecule has 6 nitrogen and oxygen atoms in total. The Kier molecular flexibility index (Phi) is 5.72. The van der Waals surface area contributed by atoms with E-state index in [1.54, 1.807) is 6.07 Å². The second-order valence-electron chi connectivity index (χ2n) is 7.91. The maximum atomic E-state index is 12.4. The van der Waals surface area contributed by atoms with Crippen LogP contribution >= 0.6 is 0 Å². The molecule has 0 aliphatic carbocycles. The smallest absolute Gasteiger partial charge is 0.338 e. The van der Waals surface area contributed by atoms with Crippen LogP contribution in [0.3, 0.4) is 0 Å². The third-order valence-corrected chi connectivity index (χ3v) is 5.62. The first-order valence-electron chi connectivity index (χ1n) is 10.5. The fraction of sp³-hybridized carbons (Fsp3) is 0. The van der Waals surface area contributed by atoms with Crippen LogP contribution in [0.15, 0.2) is 66.7 Å². The first-order chi connectivity index (χ1) is 16.1. The maximum Gasteiger partial charge on any atom is 0.338 e. The Labute approximate surface area is 213 Å². The van der Waals surface area contributed by atoms with Gasteiger partial charge in [0.25, 0.3) is 0 Å². The maximum absolute atomic E-state index is 12.4. The number of aromatic carboxylic acids is 1. The van der Waals surface area contributed by atoms with Crippen LogP contribution in [-0.2, 0) is 0 Å². The van der Waals surface area contributed by atoms with Crippen molar-refractivity contribution in [3.8, 4) is 11.1 Å². The molecule has 1 aromatic carbocycles. The Balaban J connectivity index is 0.00000241. The van der Waals surface area contributed by atoms with Gasteiger partial charge in [0, 0.05) is 48.3 Å². The average molecular weight is 639 g/mol. The van der Waals surface area contributed by atoms with Gasteiger partial charge in [-0.1, -0.05) is 30.3 Å². The van der Waals surface area contributed by atoms with Gasteiger partial charge in [0.1, 0.15) is 0 Å². The number of fused-ring (bicyclic) bond motifs is 8. The predicted octanol–water partition coefficient (Wildman–Crippen LogP) is 5.64. The van der Waals surface area contributed by atoms with Gasteiger partial charge in [0.2, 0.25) is 0 Å². The molecular weight excluding hydrogens is 621 g/mol. The number of nitrogens with zero attached hydrogens (tertiary/aromatic N) is 2. The summed E-state index contributed by atoms with van der Waals surface area (Å²) in [6, 6.07) is 21.1. The van der Waals surface area contributed by atoms with Crippen molar-refractivity contribution in [3.63, 3.8) is 0 Å². The molecule has 0 saturated carbocycles. The molecule has 3 aromatic heterocycles. The summed E-state index contributed by atoms with van der Waals surface area (Å²) in [5.41, 5.74) is 7.70. The van der Waals surface area contributed by atoms with Crippen LogP contribution in [0, 0.1) is 0 Å². The molecular formula is C27H18BiN4O2. The summed E-state index contributed by atoms with van der Waals surface area (Å²) in [7, 11) is 0. The normalized spacial score (nSPS) is 11.9. The number of rotatable bonds is 2. The summed E-state index contributed by atoms with van der Waals surface area (Å²) in [6.07, 6.45) is 7.65. The fourth-order valence-electron chi connectivity index (χ4n) is 4.21. The van der Waals surface area contributed by atoms with Crippen LogP contribution in [0.1, 0.15) is 33.1 Å². The van der Waals surface area contributed by atoms with E-state index in [9.17, 15) is 9.90 Å². The van der Waals surface area contributed by atoms with E-state index in [-0.39, 0.29) is 31.8 Å². The molecule has 2 aliphatic heterocycles. The summed E-state index contributed by atoms with van der Waals surface area (Å²) in [5, 5.41) is 10.2. The van der Waals surface area contributed by atoms with Crippen LogP contribution in [0.25, 0.3) is 57.5 Å². The van der Waals surface area contributed by atoms with Crippen molar-refractivity contribution in [3.05, 3.63) is 95.1 Å². The van der Waals surface area contributed by atoms with Crippen LogP contribution in [0.2, 0.25) is 0 Å². The van der Waals surface area contributed by atoms with Crippen LogP contribution in [-0.4, -0.2) is 57.2 Å². The molecule has 0 spiro atoms. The Morgan fingerprint density at radius 1 is 0.676 bits per heavy atom. The molecule has 0 saturated heterocycles. The Morgan fingerprint density at radius 2 is 1.21 bits per heavy atom. The van der Waals surface area contributed by atoms with Gasteiger partial charge in [-0.3, -0.25) is 0 Å². The van der Waals surface area contributed by atoms with E-state index in [1.165, 1.54) is 0 Å². The van der Waals surface area contributed by atoms with E-state index in [2.05, 4.69) is 15.0 Å². The number of H-pyrrole nitrogens is 2. The zero-order valence-corrected chi connectivity index (χ0v) is 21.3. The quantitative estimate of drug-likeness (QED) is 0.214. The van der Waals surface area contributed by atoms with Crippen molar-refractivity contribution >= 4 is 78.5 Å². The summed E-state index contributed by atoms with van der Waals surface area (Å²) in [5.74, 6) is -1.00. The van der Waals surface area contributed by atoms with Crippen molar-refractivity contribution in [1.29, 1.82) is 0 Å². The number of carboxylic acids is 1. The summed E-state index contributed by atoms with van der Waals surface area (Å²) in [6.45, 7) is 0. The van der Waals surface area contributed by atoms with E-state index in [0.29, 0.717) is 22.3 Å². The number of aromatic nitrogens is 4. The number of aromatic amines is 2. The average Bonchev–Trinajstić information content (AvgIpc) is 3.58. The largest absolute Gasteiger partial charge is 0.478 e. The van der Waals surface area contributed by atoms with E-state index in [0.717, 1.165) is 33.7 Å². The zero-order valence-electron chi connectivity index (χ0n) is 17.9. The molecule has 163 valence electrons. The van der Waals surface area contributed by atoms with Crippen LogP contribution in [0.5, 0.6) is 0 Å². The molecule has 2 aliphatic rings. The molecule has 0 fully saturated rings. The molecule has 0 amide bonds. The third-order valence-electron chi connectivity index (χ3n) is 5.62. The van der Waals surface area contributed by atoms with E-state index >= 15 is 0 Å². The number of benzene rings is 1. The zero-order chi connectivity index (χ0) is 22.4. The van der Waals surface area contributed by atoms with E-state index in [1.807, 2.05) is 85.0 Å². The van der Waals surface area contributed by atoms with E-state index < -0.39 is 5.97 Å². The van der Waals surface area contributed by atoms with Crippen molar-refractivity contribution < 1.29 is 9.90 Å². The molecule has 6 rings (SSSR count). The summed E-state index contributed by atoms with van der Waals surface area (Å²) in [4.78, 5) is 28.4. The minimum atomic E-state index is -1.00. The number of hydrogen-bond acceptors (Lipinski definition) is 3.